The molecule has 0 aliphatic carbocycles. The summed E-state index contributed by atoms with van der Waals surface area (Å²) >= 11 is 1.41. The van der Waals surface area contributed by atoms with Crippen molar-refractivity contribution in [3.8, 4) is 0 Å². The number of rotatable bonds is 3. The zero-order valence-corrected chi connectivity index (χ0v) is 10.1. The van der Waals surface area contributed by atoms with Crippen molar-refractivity contribution in [2.24, 2.45) is 0 Å². The molecule has 1 rings (SSSR count). The number of carboxylic acid groups (broad SMARTS) is 1. The molecule has 0 spiro atoms. The van der Waals surface area contributed by atoms with E-state index in [2.05, 4.69) is 9.97 Å². The molecular weight excluding hydrogens is 212 g/mol. The summed E-state index contributed by atoms with van der Waals surface area (Å²) in [7, 11) is 0. The zero-order valence-electron chi connectivity index (χ0n) is 9.24. The smallest absolute Gasteiger partial charge is 0.315 e. The van der Waals surface area contributed by atoms with Crippen molar-refractivity contribution in [2.45, 2.75) is 31.3 Å². The topological polar surface area (TPSA) is 63.1 Å². The molecule has 4 nitrogen and oxygen atoms in total. The van der Waals surface area contributed by atoms with E-state index >= 15 is 0 Å². The van der Waals surface area contributed by atoms with Crippen molar-refractivity contribution in [3.63, 3.8) is 0 Å². The lowest BCUT2D eigenvalue weighted by molar-refractivity contribution is -0.142. The van der Waals surface area contributed by atoms with Crippen molar-refractivity contribution in [2.75, 3.05) is 6.26 Å². The quantitative estimate of drug-likeness (QED) is 0.629. The Hall–Kier alpha value is -1.10. The Labute approximate surface area is 93.1 Å². The lowest BCUT2D eigenvalue weighted by Gasteiger charge is -2.19. The van der Waals surface area contributed by atoms with Crippen molar-refractivity contribution < 1.29 is 9.90 Å². The van der Waals surface area contributed by atoms with Gasteiger partial charge in [0.1, 0.15) is 5.41 Å². The molecule has 1 N–H and O–H groups in total. The Morgan fingerprint density at radius 2 is 2.07 bits per heavy atom. The molecule has 0 aliphatic heterocycles. The van der Waals surface area contributed by atoms with Crippen molar-refractivity contribution in [3.05, 3.63) is 17.5 Å². The lowest BCUT2D eigenvalue weighted by Crippen LogP contribution is -2.30. The second-order valence-electron chi connectivity index (χ2n) is 3.81. The first-order chi connectivity index (χ1) is 6.87. The molecule has 0 amide bonds. The minimum absolute atomic E-state index is 0.548. The predicted octanol–water partition coefficient (Wildman–Crippen LogP) is 1.87. The van der Waals surface area contributed by atoms with Crippen LogP contribution in [0.2, 0.25) is 0 Å². The second-order valence-corrected chi connectivity index (χ2v) is 4.58. The average molecular weight is 226 g/mol. The minimum atomic E-state index is -0.974. The van der Waals surface area contributed by atoms with Crippen LogP contribution in [-0.2, 0) is 10.2 Å². The van der Waals surface area contributed by atoms with E-state index in [1.54, 1.807) is 19.9 Å². The maximum Gasteiger partial charge on any atom is 0.315 e. The molecule has 5 heteroatoms. The fraction of sp³-hybridized carbons (Fsp3) is 0.500. The fourth-order valence-corrected chi connectivity index (χ4v) is 1.49. The van der Waals surface area contributed by atoms with Gasteiger partial charge >= 0.3 is 5.97 Å². The monoisotopic (exact) mass is 226 g/mol. The largest absolute Gasteiger partial charge is 0.481 e. The van der Waals surface area contributed by atoms with Crippen LogP contribution in [0.1, 0.15) is 25.2 Å². The number of aliphatic carboxylic acids is 1. The minimum Gasteiger partial charge on any atom is -0.481 e. The van der Waals surface area contributed by atoms with Crippen LogP contribution in [0.15, 0.2) is 11.2 Å². The van der Waals surface area contributed by atoms with Gasteiger partial charge < -0.3 is 5.11 Å². The Kier molecular flexibility index (Phi) is 3.34. The van der Waals surface area contributed by atoms with Gasteiger partial charge in [0.05, 0.1) is 5.69 Å². The van der Waals surface area contributed by atoms with E-state index in [0.29, 0.717) is 10.9 Å². The molecule has 0 saturated heterocycles. The van der Waals surface area contributed by atoms with Crippen LogP contribution < -0.4 is 0 Å². The van der Waals surface area contributed by atoms with Crippen LogP contribution >= 0.6 is 11.8 Å². The number of hydrogen-bond donors (Lipinski definition) is 1. The number of carbonyl (C=O) groups is 1. The molecule has 0 bridgehead atoms. The molecule has 82 valence electrons. The van der Waals surface area contributed by atoms with E-state index in [4.69, 9.17) is 5.11 Å². The van der Waals surface area contributed by atoms with Crippen LogP contribution in [-0.4, -0.2) is 27.3 Å². The third-order valence-electron chi connectivity index (χ3n) is 2.19. The number of aryl methyl sites for hydroxylation is 1. The summed E-state index contributed by atoms with van der Waals surface area (Å²) in [6.45, 7) is 5.12. The molecule has 0 atom stereocenters. The standard InChI is InChI=1S/C10H14N2O2S/c1-6-5-7(10(2,3)8(13)14)12-9(11-6)15-4/h5H,1-4H3,(H,13,14). The second kappa shape index (κ2) is 4.18. The molecule has 1 aromatic heterocycles. The van der Waals surface area contributed by atoms with Crippen LogP contribution in [0, 0.1) is 6.92 Å². The molecule has 1 aromatic rings. The molecule has 15 heavy (non-hydrogen) atoms. The van der Waals surface area contributed by atoms with E-state index in [1.807, 2.05) is 13.2 Å². The molecular formula is C10H14N2O2S. The normalized spacial score (nSPS) is 11.5. The van der Waals surface area contributed by atoms with Crippen LogP contribution in [0.4, 0.5) is 0 Å². The Morgan fingerprint density at radius 1 is 1.47 bits per heavy atom. The molecule has 0 saturated carbocycles. The first kappa shape index (κ1) is 12.0. The van der Waals surface area contributed by atoms with Gasteiger partial charge in [0.15, 0.2) is 5.16 Å². The maximum atomic E-state index is 11.1. The third-order valence-corrected chi connectivity index (χ3v) is 2.74. The highest BCUT2D eigenvalue weighted by atomic mass is 32.2. The molecule has 0 aromatic carbocycles. The van der Waals surface area contributed by atoms with Gasteiger partial charge in [0, 0.05) is 5.69 Å². The summed E-state index contributed by atoms with van der Waals surface area (Å²) in [5.41, 5.74) is 0.364. The van der Waals surface area contributed by atoms with Crippen molar-refractivity contribution >= 4 is 17.7 Å². The predicted molar refractivity (Wildman–Crippen MR) is 59.2 cm³/mol. The van der Waals surface area contributed by atoms with Crippen LogP contribution in [0.25, 0.3) is 0 Å². The summed E-state index contributed by atoms with van der Waals surface area (Å²) in [5, 5.41) is 9.69. The SMILES string of the molecule is CSc1nc(C)cc(C(C)(C)C(=O)O)n1. The molecule has 0 radical (unpaired) electrons. The Bertz CT molecular complexity index is 391. The van der Waals surface area contributed by atoms with Gasteiger partial charge in [-0.1, -0.05) is 11.8 Å². The summed E-state index contributed by atoms with van der Waals surface area (Å²) < 4.78 is 0. The van der Waals surface area contributed by atoms with E-state index in [1.165, 1.54) is 11.8 Å². The summed E-state index contributed by atoms with van der Waals surface area (Å²) in [6, 6.07) is 1.72. The van der Waals surface area contributed by atoms with Gasteiger partial charge in [0.2, 0.25) is 0 Å². The molecule has 0 fully saturated rings. The van der Waals surface area contributed by atoms with E-state index in [0.717, 1.165) is 5.69 Å². The first-order valence-corrected chi connectivity index (χ1v) is 5.74. The number of aromatic nitrogens is 2. The lowest BCUT2D eigenvalue weighted by atomic mass is 9.89. The Balaban J connectivity index is 3.25. The summed E-state index contributed by atoms with van der Waals surface area (Å²) in [5.74, 6) is -0.882. The molecule has 0 unspecified atom stereocenters. The van der Waals surface area contributed by atoms with Gasteiger partial charge in [-0.3, -0.25) is 4.79 Å². The summed E-state index contributed by atoms with van der Waals surface area (Å²) in [6.07, 6.45) is 1.87. The number of carboxylic acids is 1. The molecule has 0 aliphatic rings. The molecule has 1 heterocycles. The van der Waals surface area contributed by atoms with Gasteiger partial charge in [-0.2, -0.15) is 0 Å². The highest BCUT2D eigenvalue weighted by molar-refractivity contribution is 7.98. The van der Waals surface area contributed by atoms with Gasteiger partial charge in [0.25, 0.3) is 0 Å². The third kappa shape index (κ3) is 2.47. The van der Waals surface area contributed by atoms with E-state index in [-0.39, 0.29) is 0 Å². The number of hydrogen-bond acceptors (Lipinski definition) is 4. The maximum absolute atomic E-state index is 11.1. The van der Waals surface area contributed by atoms with Crippen LogP contribution in [0.3, 0.4) is 0 Å². The van der Waals surface area contributed by atoms with Crippen molar-refractivity contribution in [1.29, 1.82) is 0 Å². The highest BCUT2D eigenvalue weighted by Gasteiger charge is 2.31. The van der Waals surface area contributed by atoms with E-state index in [9.17, 15) is 4.79 Å². The summed E-state index contributed by atoms with van der Waals surface area (Å²) in [4.78, 5) is 19.5. The number of thioether (sulfide) groups is 1. The zero-order chi connectivity index (χ0) is 11.6. The van der Waals surface area contributed by atoms with Crippen molar-refractivity contribution in [1.82, 2.24) is 9.97 Å². The fourth-order valence-electron chi connectivity index (χ4n) is 1.06. The van der Waals surface area contributed by atoms with E-state index < -0.39 is 11.4 Å². The average Bonchev–Trinajstić information content (AvgIpc) is 2.16. The first-order valence-electron chi connectivity index (χ1n) is 4.51. The Morgan fingerprint density at radius 3 is 2.53 bits per heavy atom. The van der Waals surface area contributed by atoms with Gasteiger partial charge in [-0.15, -0.1) is 0 Å². The van der Waals surface area contributed by atoms with Crippen LogP contribution in [0.5, 0.6) is 0 Å². The van der Waals surface area contributed by atoms with Gasteiger partial charge in [-0.25, -0.2) is 9.97 Å². The van der Waals surface area contributed by atoms with Gasteiger partial charge in [-0.05, 0) is 33.1 Å². The number of nitrogens with zero attached hydrogens (tertiary/aromatic N) is 2. The highest BCUT2D eigenvalue weighted by Crippen LogP contribution is 2.23.